The first-order chi connectivity index (χ1) is 9.86. The predicted octanol–water partition coefficient (Wildman–Crippen LogP) is 2.10. The Kier molecular flexibility index (Phi) is 3.01. The second-order valence-corrected chi connectivity index (χ2v) is 6.48. The molecule has 1 aliphatic heterocycles. The number of nitrogens with two attached hydrogens (primary N) is 1. The number of anilines is 2. The van der Waals surface area contributed by atoms with Crippen LogP contribution in [0.3, 0.4) is 0 Å². The van der Waals surface area contributed by atoms with Crippen LogP contribution in [0.25, 0.3) is 0 Å². The molecule has 1 aromatic carbocycles. The van der Waals surface area contributed by atoms with Crippen molar-refractivity contribution in [2.75, 3.05) is 10.6 Å². The average Bonchev–Trinajstić information content (AvgIpc) is 2.80. The Balaban J connectivity index is 1.99. The first kappa shape index (κ1) is 13.7. The van der Waals surface area contributed by atoms with E-state index in [0.29, 0.717) is 18.9 Å². The molecule has 0 radical (unpaired) electrons. The van der Waals surface area contributed by atoms with E-state index in [1.807, 2.05) is 43.9 Å². The molecule has 2 N–H and O–H groups in total. The second kappa shape index (κ2) is 4.62. The van der Waals surface area contributed by atoms with Crippen molar-refractivity contribution in [1.29, 1.82) is 0 Å². The van der Waals surface area contributed by atoms with Gasteiger partial charge in [-0.25, -0.2) is 4.98 Å². The molecule has 0 saturated heterocycles. The highest BCUT2D eigenvalue weighted by atomic mass is 16.1. The number of aromatic nitrogens is 2. The van der Waals surface area contributed by atoms with Crippen molar-refractivity contribution in [1.82, 2.24) is 9.55 Å². The summed E-state index contributed by atoms with van der Waals surface area (Å²) in [6.45, 7) is 7.41. The third-order valence-electron chi connectivity index (χ3n) is 3.80. The van der Waals surface area contributed by atoms with E-state index in [9.17, 15) is 4.79 Å². The SMILES string of the molecule is CC(C)(C)n1ccnc(N2Cc3ccc(N)cc3C2)c1=O. The Bertz CT molecular complexity index is 743. The lowest BCUT2D eigenvalue weighted by Gasteiger charge is -2.24. The highest BCUT2D eigenvalue weighted by Crippen LogP contribution is 2.27. The van der Waals surface area contributed by atoms with Gasteiger partial charge in [0, 0.05) is 36.7 Å². The minimum absolute atomic E-state index is 0.0502. The number of hydrogen-bond donors (Lipinski definition) is 1. The first-order valence-corrected chi connectivity index (χ1v) is 7.06. The molecule has 0 aliphatic carbocycles. The maximum atomic E-state index is 12.7. The quantitative estimate of drug-likeness (QED) is 0.815. The lowest BCUT2D eigenvalue weighted by Crippen LogP contribution is -2.37. The van der Waals surface area contributed by atoms with Crippen molar-refractivity contribution in [2.45, 2.75) is 39.4 Å². The van der Waals surface area contributed by atoms with Gasteiger partial charge in [0.1, 0.15) is 0 Å². The third-order valence-corrected chi connectivity index (χ3v) is 3.80. The maximum absolute atomic E-state index is 12.7. The average molecular weight is 284 g/mol. The van der Waals surface area contributed by atoms with E-state index in [0.717, 1.165) is 5.69 Å². The molecule has 3 rings (SSSR count). The minimum atomic E-state index is -0.258. The molecule has 110 valence electrons. The van der Waals surface area contributed by atoms with Crippen molar-refractivity contribution in [2.24, 2.45) is 0 Å². The van der Waals surface area contributed by atoms with Gasteiger partial charge in [-0.1, -0.05) is 6.07 Å². The molecule has 1 aromatic heterocycles. The number of fused-ring (bicyclic) bond motifs is 1. The maximum Gasteiger partial charge on any atom is 0.294 e. The van der Waals surface area contributed by atoms with Gasteiger partial charge in [-0.2, -0.15) is 0 Å². The van der Waals surface area contributed by atoms with Crippen molar-refractivity contribution < 1.29 is 0 Å². The van der Waals surface area contributed by atoms with E-state index in [1.54, 1.807) is 17.0 Å². The van der Waals surface area contributed by atoms with Crippen LogP contribution in [0.2, 0.25) is 0 Å². The summed E-state index contributed by atoms with van der Waals surface area (Å²) in [6, 6.07) is 5.89. The van der Waals surface area contributed by atoms with Gasteiger partial charge in [0.15, 0.2) is 5.82 Å². The highest BCUT2D eigenvalue weighted by Gasteiger charge is 2.24. The molecule has 0 amide bonds. The standard InChI is InChI=1S/C16H20N4O/c1-16(2,3)20-7-6-18-14(15(20)21)19-9-11-4-5-13(17)8-12(11)10-19/h4-8H,9-10,17H2,1-3H3. The van der Waals surface area contributed by atoms with Crippen LogP contribution in [-0.2, 0) is 18.6 Å². The van der Waals surface area contributed by atoms with E-state index >= 15 is 0 Å². The van der Waals surface area contributed by atoms with Gasteiger partial charge < -0.3 is 15.2 Å². The fourth-order valence-electron chi connectivity index (χ4n) is 2.71. The van der Waals surface area contributed by atoms with Gasteiger partial charge >= 0.3 is 0 Å². The van der Waals surface area contributed by atoms with E-state index in [2.05, 4.69) is 4.98 Å². The van der Waals surface area contributed by atoms with Crippen LogP contribution in [0.4, 0.5) is 11.5 Å². The highest BCUT2D eigenvalue weighted by molar-refractivity contribution is 5.52. The molecular weight excluding hydrogens is 264 g/mol. The number of rotatable bonds is 1. The van der Waals surface area contributed by atoms with Gasteiger partial charge in [-0.15, -0.1) is 0 Å². The van der Waals surface area contributed by atoms with Crippen LogP contribution < -0.4 is 16.2 Å². The molecular formula is C16H20N4O. The molecule has 2 aromatic rings. The zero-order valence-electron chi connectivity index (χ0n) is 12.6. The van der Waals surface area contributed by atoms with E-state index in [1.165, 1.54) is 11.1 Å². The molecule has 0 unspecified atom stereocenters. The summed E-state index contributed by atoms with van der Waals surface area (Å²) in [4.78, 5) is 19.0. The van der Waals surface area contributed by atoms with Gasteiger partial charge in [0.2, 0.25) is 0 Å². The normalized spacial score (nSPS) is 14.3. The van der Waals surface area contributed by atoms with Crippen LogP contribution in [0, 0.1) is 0 Å². The van der Waals surface area contributed by atoms with Crippen LogP contribution in [0.15, 0.2) is 35.4 Å². The molecule has 0 saturated carbocycles. The molecule has 2 heterocycles. The zero-order valence-corrected chi connectivity index (χ0v) is 12.6. The molecule has 5 heteroatoms. The first-order valence-electron chi connectivity index (χ1n) is 7.06. The van der Waals surface area contributed by atoms with Crippen LogP contribution in [0.5, 0.6) is 0 Å². The van der Waals surface area contributed by atoms with Gasteiger partial charge in [-0.3, -0.25) is 4.79 Å². The summed E-state index contributed by atoms with van der Waals surface area (Å²) in [5.41, 5.74) is 8.65. The number of nitrogen functional groups attached to an aromatic ring is 1. The molecule has 0 spiro atoms. The monoisotopic (exact) mass is 284 g/mol. The van der Waals surface area contributed by atoms with Crippen molar-refractivity contribution >= 4 is 11.5 Å². The van der Waals surface area contributed by atoms with Gasteiger partial charge in [0.25, 0.3) is 5.56 Å². The summed E-state index contributed by atoms with van der Waals surface area (Å²) < 4.78 is 1.73. The fraction of sp³-hybridized carbons (Fsp3) is 0.375. The number of nitrogens with zero attached hydrogens (tertiary/aromatic N) is 3. The minimum Gasteiger partial charge on any atom is -0.399 e. The number of benzene rings is 1. The lowest BCUT2D eigenvalue weighted by atomic mass is 10.1. The molecule has 5 nitrogen and oxygen atoms in total. The van der Waals surface area contributed by atoms with Crippen LogP contribution in [0.1, 0.15) is 31.9 Å². The van der Waals surface area contributed by atoms with Crippen LogP contribution >= 0.6 is 0 Å². The van der Waals surface area contributed by atoms with E-state index in [4.69, 9.17) is 5.73 Å². The summed E-state index contributed by atoms with van der Waals surface area (Å²) >= 11 is 0. The molecule has 0 atom stereocenters. The summed E-state index contributed by atoms with van der Waals surface area (Å²) in [6.07, 6.45) is 3.44. The lowest BCUT2D eigenvalue weighted by molar-refractivity contribution is 0.382. The van der Waals surface area contributed by atoms with Crippen molar-refractivity contribution in [3.63, 3.8) is 0 Å². The molecule has 0 fully saturated rings. The van der Waals surface area contributed by atoms with Crippen LogP contribution in [-0.4, -0.2) is 9.55 Å². The molecule has 21 heavy (non-hydrogen) atoms. The zero-order chi connectivity index (χ0) is 15.2. The second-order valence-electron chi connectivity index (χ2n) is 6.48. The topological polar surface area (TPSA) is 64.2 Å². The smallest absolute Gasteiger partial charge is 0.294 e. The largest absolute Gasteiger partial charge is 0.399 e. The molecule has 0 bridgehead atoms. The summed E-state index contributed by atoms with van der Waals surface area (Å²) in [5, 5.41) is 0. The Morgan fingerprint density at radius 2 is 1.90 bits per heavy atom. The Labute approximate surface area is 124 Å². The molecule has 1 aliphatic rings. The fourth-order valence-corrected chi connectivity index (χ4v) is 2.71. The Morgan fingerprint density at radius 1 is 1.19 bits per heavy atom. The summed E-state index contributed by atoms with van der Waals surface area (Å²) in [7, 11) is 0. The van der Waals surface area contributed by atoms with Crippen molar-refractivity contribution in [3.05, 3.63) is 52.1 Å². The Hall–Kier alpha value is -2.30. The van der Waals surface area contributed by atoms with E-state index in [-0.39, 0.29) is 11.1 Å². The van der Waals surface area contributed by atoms with Gasteiger partial charge in [0.05, 0.1) is 0 Å². The van der Waals surface area contributed by atoms with Gasteiger partial charge in [-0.05, 0) is 44.0 Å². The van der Waals surface area contributed by atoms with E-state index < -0.39 is 0 Å². The number of hydrogen-bond acceptors (Lipinski definition) is 4. The summed E-state index contributed by atoms with van der Waals surface area (Å²) in [5.74, 6) is 0.502. The third kappa shape index (κ3) is 2.39. The Morgan fingerprint density at radius 3 is 2.62 bits per heavy atom. The predicted molar refractivity (Wildman–Crippen MR) is 84.2 cm³/mol. The van der Waals surface area contributed by atoms with Crippen molar-refractivity contribution in [3.8, 4) is 0 Å².